The minimum Gasteiger partial charge on any atom is -0.444 e. The minimum atomic E-state index is -2.61. The van der Waals surface area contributed by atoms with E-state index in [1.54, 1.807) is 20.8 Å². The van der Waals surface area contributed by atoms with Crippen LogP contribution in [0.2, 0.25) is 0 Å². The highest BCUT2D eigenvalue weighted by Gasteiger charge is 2.64. The molecule has 1 heterocycles. The Bertz CT molecular complexity index is 338. The van der Waals surface area contributed by atoms with E-state index in [0.717, 1.165) is 0 Å². The van der Waals surface area contributed by atoms with Gasteiger partial charge in [-0.25, -0.2) is 13.6 Å². The molecule has 0 aromatic rings. The van der Waals surface area contributed by atoms with Crippen molar-refractivity contribution in [2.24, 2.45) is 5.41 Å². The third-order valence-corrected chi connectivity index (χ3v) is 3.70. The molecule has 0 N–H and O–H groups in total. The summed E-state index contributed by atoms with van der Waals surface area (Å²) in [5.74, 6) is -2.61. The van der Waals surface area contributed by atoms with Crippen molar-refractivity contribution < 1.29 is 18.3 Å². The summed E-state index contributed by atoms with van der Waals surface area (Å²) in [7, 11) is 0. The molecule has 3 nitrogen and oxygen atoms in total. The predicted molar refractivity (Wildman–Crippen MR) is 59.0 cm³/mol. The highest BCUT2D eigenvalue weighted by molar-refractivity contribution is 5.68. The number of rotatable bonds is 0. The van der Waals surface area contributed by atoms with Crippen molar-refractivity contribution in [1.82, 2.24) is 4.90 Å². The van der Waals surface area contributed by atoms with Crippen LogP contribution in [-0.2, 0) is 4.74 Å². The fraction of sp³-hybridized carbons (Fsp3) is 0.917. The fourth-order valence-electron chi connectivity index (χ4n) is 2.52. The topological polar surface area (TPSA) is 29.5 Å². The van der Waals surface area contributed by atoms with Gasteiger partial charge in [0.2, 0.25) is 0 Å². The van der Waals surface area contributed by atoms with Gasteiger partial charge in [-0.1, -0.05) is 0 Å². The van der Waals surface area contributed by atoms with E-state index < -0.39 is 23.0 Å². The molecule has 0 radical (unpaired) electrons. The van der Waals surface area contributed by atoms with Gasteiger partial charge in [0.1, 0.15) is 5.60 Å². The molecule has 1 aliphatic heterocycles. The summed E-state index contributed by atoms with van der Waals surface area (Å²) in [6, 6.07) is 0. The monoisotopic (exact) mass is 247 g/mol. The average molecular weight is 247 g/mol. The summed E-state index contributed by atoms with van der Waals surface area (Å²) in [6.07, 6.45) is 0.380. The molecular weight excluding hydrogens is 228 g/mol. The lowest BCUT2D eigenvalue weighted by atomic mass is 9.64. The van der Waals surface area contributed by atoms with Gasteiger partial charge in [0.05, 0.1) is 5.41 Å². The van der Waals surface area contributed by atoms with Crippen LogP contribution in [0.1, 0.15) is 40.0 Å². The van der Waals surface area contributed by atoms with Crippen molar-refractivity contribution in [3.05, 3.63) is 0 Å². The van der Waals surface area contributed by atoms with Gasteiger partial charge in [0, 0.05) is 19.5 Å². The lowest BCUT2D eigenvalue weighted by Crippen LogP contribution is -2.53. The number of alkyl halides is 2. The number of halogens is 2. The molecule has 17 heavy (non-hydrogen) atoms. The molecule has 2 rings (SSSR count). The van der Waals surface area contributed by atoms with Crippen molar-refractivity contribution in [1.29, 1.82) is 0 Å². The molecule has 1 aliphatic carbocycles. The predicted octanol–water partition coefficient (Wildman–Crippen LogP) is 3.04. The lowest BCUT2D eigenvalue weighted by Gasteiger charge is -2.46. The van der Waals surface area contributed by atoms with Gasteiger partial charge in [-0.2, -0.15) is 0 Å². The average Bonchev–Trinajstić information content (AvgIpc) is 2.60. The number of carbonyl (C=O) groups is 1. The SMILES string of the molecule is CC(C)(C)OC(=O)N1CCC2(CCC2(F)F)C1. The van der Waals surface area contributed by atoms with E-state index >= 15 is 0 Å². The van der Waals surface area contributed by atoms with Crippen LogP contribution in [0.3, 0.4) is 0 Å². The number of amides is 1. The molecule has 1 spiro atoms. The zero-order chi connectivity index (χ0) is 12.9. The number of nitrogens with zero attached hydrogens (tertiary/aromatic N) is 1. The van der Waals surface area contributed by atoms with Gasteiger partial charge in [-0.15, -0.1) is 0 Å². The Hall–Kier alpha value is -0.870. The molecule has 5 heteroatoms. The first-order valence-electron chi connectivity index (χ1n) is 6.01. The molecule has 2 aliphatic rings. The second kappa shape index (κ2) is 3.56. The van der Waals surface area contributed by atoms with Crippen molar-refractivity contribution in [3.63, 3.8) is 0 Å². The van der Waals surface area contributed by atoms with E-state index in [1.165, 1.54) is 4.90 Å². The Kier molecular flexibility index (Phi) is 2.64. The van der Waals surface area contributed by atoms with Crippen LogP contribution in [0.5, 0.6) is 0 Å². The maximum Gasteiger partial charge on any atom is 0.410 e. The van der Waals surface area contributed by atoms with Gasteiger partial charge in [0.25, 0.3) is 5.92 Å². The molecule has 98 valence electrons. The van der Waals surface area contributed by atoms with Gasteiger partial charge in [-0.3, -0.25) is 0 Å². The Morgan fingerprint density at radius 2 is 1.88 bits per heavy atom. The number of hydrogen-bond acceptors (Lipinski definition) is 2. The maximum atomic E-state index is 13.5. The third-order valence-electron chi connectivity index (χ3n) is 3.70. The smallest absolute Gasteiger partial charge is 0.410 e. The highest BCUT2D eigenvalue weighted by Crippen LogP contribution is 2.58. The van der Waals surface area contributed by atoms with Crippen molar-refractivity contribution >= 4 is 6.09 Å². The molecule has 1 saturated heterocycles. The van der Waals surface area contributed by atoms with Crippen molar-refractivity contribution in [3.8, 4) is 0 Å². The van der Waals surface area contributed by atoms with Crippen LogP contribution >= 0.6 is 0 Å². The summed E-state index contributed by atoms with van der Waals surface area (Å²) < 4.78 is 32.2. The Morgan fingerprint density at radius 1 is 1.24 bits per heavy atom. The molecule has 1 saturated carbocycles. The largest absolute Gasteiger partial charge is 0.444 e. The van der Waals surface area contributed by atoms with E-state index in [2.05, 4.69) is 0 Å². The zero-order valence-electron chi connectivity index (χ0n) is 10.6. The quantitative estimate of drug-likeness (QED) is 0.658. The van der Waals surface area contributed by atoms with E-state index in [9.17, 15) is 13.6 Å². The van der Waals surface area contributed by atoms with Crippen molar-refractivity contribution in [2.75, 3.05) is 13.1 Å². The molecule has 0 aromatic carbocycles. The third kappa shape index (κ3) is 2.11. The summed E-state index contributed by atoms with van der Waals surface area (Å²) >= 11 is 0. The number of ether oxygens (including phenoxy) is 1. The van der Waals surface area contributed by atoms with Gasteiger partial charge < -0.3 is 9.64 Å². The Labute approximate surface area is 100 Å². The van der Waals surface area contributed by atoms with E-state index in [1.807, 2.05) is 0 Å². The first-order valence-corrected chi connectivity index (χ1v) is 6.01. The molecule has 1 atom stereocenters. The van der Waals surface area contributed by atoms with Crippen LogP contribution in [0.25, 0.3) is 0 Å². The second-order valence-electron chi connectivity index (χ2n) is 6.14. The van der Waals surface area contributed by atoms with Crippen LogP contribution < -0.4 is 0 Å². The van der Waals surface area contributed by atoms with Crippen LogP contribution in [-0.4, -0.2) is 35.6 Å². The van der Waals surface area contributed by atoms with Gasteiger partial charge >= 0.3 is 6.09 Å². The number of likely N-dealkylation sites (tertiary alicyclic amines) is 1. The van der Waals surface area contributed by atoms with E-state index in [4.69, 9.17) is 4.74 Å². The maximum absolute atomic E-state index is 13.5. The van der Waals surface area contributed by atoms with Crippen LogP contribution in [0.15, 0.2) is 0 Å². The molecular formula is C12H19F2NO2. The highest BCUT2D eigenvalue weighted by atomic mass is 19.3. The van der Waals surface area contributed by atoms with Gasteiger partial charge in [0.15, 0.2) is 0 Å². The number of carbonyl (C=O) groups excluding carboxylic acids is 1. The molecule has 0 aromatic heterocycles. The molecule has 1 amide bonds. The van der Waals surface area contributed by atoms with E-state index in [0.29, 0.717) is 19.4 Å². The zero-order valence-corrected chi connectivity index (χ0v) is 10.6. The standard InChI is InChI=1S/C12H19F2NO2/c1-10(2,3)17-9(16)15-7-6-11(8-15)4-5-12(11,13)14/h4-8H2,1-3H3. The summed E-state index contributed by atoms with van der Waals surface area (Å²) in [6.45, 7) is 5.83. The summed E-state index contributed by atoms with van der Waals surface area (Å²) in [5.41, 5.74) is -1.54. The second-order valence-corrected chi connectivity index (χ2v) is 6.14. The molecule has 2 fully saturated rings. The number of hydrogen-bond donors (Lipinski definition) is 0. The molecule has 1 unspecified atom stereocenters. The van der Waals surface area contributed by atoms with E-state index in [-0.39, 0.29) is 13.0 Å². The fourth-order valence-corrected chi connectivity index (χ4v) is 2.52. The Morgan fingerprint density at radius 3 is 2.24 bits per heavy atom. The first kappa shape index (κ1) is 12.6. The van der Waals surface area contributed by atoms with Gasteiger partial charge in [-0.05, 0) is 33.6 Å². The lowest BCUT2D eigenvalue weighted by molar-refractivity contribution is -0.194. The Balaban J connectivity index is 1.97. The first-order chi connectivity index (χ1) is 7.65. The minimum absolute atomic E-state index is 0.0465. The summed E-state index contributed by atoms with van der Waals surface area (Å²) in [4.78, 5) is 13.2. The normalized spacial score (nSPS) is 31.5. The van der Waals surface area contributed by atoms with Crippen molar-refractivity contribution in [2.45, 2.75) is 51.6 Å². The molecule has 0 bridgehead atoms. The van der Waals surface area contributed by atoms with Crippen LogP contribution in [0, 0.1) is 5.41 Å². The van der Waals surface area contributed by atoms with Crippen LogP contribution in [0.4, 0.5) is 13.6 Å². The summed E-state index contributed by atoms with van der Waals surface area (Å²) in [5, 5.41) is 0.